The number of amides is 1. The summed E-state index contributed by atoms with van der Waals surface area (Å²) >= 11 is 0. The van der Waals surface area contributed by atoms with E-state index in [9.17, 15) is 4.79 Å². The Bertz CT molecular complexity index is 522. The summed E-state index contributed by atoms with van der Waals surface area (Å²) in [5.74, 6) is -0.170. The predicted molar refractivity (Wildman–Crippen MR) is 67.2 cm³/mol. The van der Waals surface area contributed by atoms with Crippen molar-refractivity contribution in [1.82, 2.24) is 20.2 Å². The van der Waals surface area contributed by atoms with Crippen molar-refractivity contribution in [3.05, 3.63) is 30.6 Å². The van der Waals surface area contributed by atoms with Gasteiger partial charge in [-0.25, -0.2) is 4.68 Å². The van der Waals surface area contributed by atoms with Gasteiger partial charge in [0, 0.05) is 14.1 Å². The summed E-state index contributed by atoms with van der Waals surface area (Å²) in [6.45, 7) is 0.0920. The van der Waals surface area contributed by atoms with Gasteiger partial charge in [-0.05, 0) is 22.6 Å². The molecule has 1 aromatic carbocycles. The lowest BCUT2D eigenvalue weighted by Gasteiger charge is -2.17. The number of carbonyl (C=O) groups excluding carboxylic acids is 1. The van der Waals surface area contributed by atoms with Gasteiger partial charge in [-0.15, -0.1) is 5.10 Å². The van der Waals surface area contributed by atoms with E-state index in [-0.39, 0.29) is 12.5 Å². The maximum absolute atomic E-state index is 11.8. The van der Waals surface area contributed by atoms with Crippen LogP contribution < -0.4 is 10.2 Å². The molecule has 0 aliphatic heterocycles. The summed E-state index contributed by atoms with van der Waals surface area (Å²) in [4.78, 5) is 13.7. The van der Waals surface area contributed by atoms with Crippen molar-refractivity contribution in [1.29, 1.82) is 0 Å². The van der Waals surface area contributed by atoms with E-state index < -0.39 is 0 Å². The van der Waals surface area contributed by atoms with Gasteiger partial charge in [0.25, 0.3) is 0 Å². The highest BCUT2D eigenvalue weighted by Gasteiger charge is 2.08. The molecule has 2 aromatic rings. The summed E-state index contributed by atoms with van der Waals surface area (Å²) in [6, 6.07) is 7.59. The van der Waals surface area contributed by atoms with Gasteiger partial charge in [0.05, 0.1) is 11.4 Å². The van der Waals surface area contributed by atoms with Crippen LogP contribution in [0.25, 0.3) is 0 Å². The Balaban J connectivity index is 2.07. The average Bonchev–Trinajstić information content (AvgIpc) is 2.82. The molecule has 1 amide bonds. The van der Waals surface area contributed by atoms with Crippen molar-refractivity contribution in [2.45, 2.75) is 6.54 Å². The summed E-state index contributed by atoms with van der Waals surface area (Å²) in [7, 11) is 3.85. The predicted octanol–water partition coefficient (Wildman–Crippen LogP) is 0.378. The van der Waals surface area contributed by atoms with Crippen molar-refractivity contribution in [3.63, 3.8) is 0 Å². The number of anilines is 2. The van der Waals surface area contributed by atoms with Crippen LogP contribution in [0.3, 0.4) is 0 Å². The lowest BCUT2D eigenvalue weighted by atomic mass is 10.2. The molecule has 18 heavy (non-hydrogen) atoms. The number of hydrogen-bond donors (Lipinski definition) is 1. The Hall–Kier alpha value is -2.44. The largest absolute Gasteiger partial charge is 0.376 e. The fourth-order valence-corrected chi connectivity index (χ4v) is 1.56. The van der Waals surface area contributed by atoms with Crippen LogP contribution in [-0.2, 0) is 11.3 Å². The second kappa shape index (κ2) is 5.26. The number of benzene rings is 1. The first-order chi connectivity index (χ1) is 8.66. The molecule has 0 saturated heterocycles. The molecule has 1 aromatic heterocycles. The third-order valence-corrected chi connectivity index (χ3v) is 2.36. The molecule has 7 nitrogen and oxygen atoms in total. The van der Waals surface area contributed by atoms with Crippen LogP contribution in [0.15, 0.2) is 30.6 Å². The van der Waals surface area contributed by atoms with E-state index in [1.165, 1.54) is 11.0 Å². The number of hydrogen-bond acceptors (Lipinski definition) is 5. The Morgan fingerprint density at radius 3 is 2.83 bits per heavy atom. The monoisotopic (exact) mass is 246 g/mol. The van der Waals surface area contributed by atoms with Crippen molar-refractivity contribution >= 4 is 17.3 Å². The second-order valence-electron chi connectivity index (χ2n) is 3.97. The first kappa shape index (κ1) is 12.0. The molecule has 0 radical (unpaired) electrons. The first-order valence-electron chi connectivity index (χ1n) is 5.44. The molecule has 7 heteroatoms. The fraction of sp³-hybridized carbons (Fsp3) is 0.273. The number of tetrazole rings is 1. The summed E-state index contributed by atoms with van der Waals surface area (Å²) in [6.07, 6.45) is 1.40. The molecular weight excluding hydrogens is 232 g/mol. The van der Waals surface area contributed by atoms with Gasteiger partial charge in [-0.1, -0.05) is 12.1 Å². The zero-order chi connectivity index (χ0) is 13.0. The molecule has 0 aliphatic rings. The van der Waals surface area contributed by atoms with Gasteiger partial charge < -0.3 is 10.2 Å². The van der Waals surface area contributed by atoms with E-state index in [1.54, 1.807) is 0 Å². The van der Waals surface area contributed by atoms with E-state index in [4.69, 9.17) is 0 Å². The minimum Gasteiger partial charge on any atom is -0.376 e. The van der Waals surface area contributed by atoms with Gasteiger partial charge >= 0.3 is 0 Å². The lowest BCUT2D eigenvalue weighted by molar-refractivity contribution is -0.116. The van der Waals surface area contributed by atoms with Crippen molar-refractivity contribution in [2.75, 3.05) is 24.3 Å². The molecule has 2 rings (SSSR count). The first-order valence-corrected chi connectivity index (χ1v) is 5.44. The Labute approximate surface area is 104 Å². The SMILES string of the molecule is CN(C)c1ccccc1NC(=O)Cn1cnnn1. The zero-order valence-electron chi connectivity index (χ0n) is 10.2. The maximum Gasteiger partial charge on any atom is 0.246 e. The smallest absolute Gasteiger partial charge is 0.246 e. The van der Waals surface area contributed by atoms with E-state index >= 15 is 0 Å². The third kappa shape index (κ3) is 2.82. The number of aromatic nitrogens is 4. The maximum atomic E-state index is 11.8. The van der Waals surface area contributed by atoms with Crippen molar-refractivity contribution < 1.29 is 4.79 Å². The number of para-hydroxylation sites is 2. The Morgan fingerprint density at radius 1 is 1.39 bits per heavy atom. The Kier molecular flexibility index (Phi) is 3.52. The van der Waals surface area contributed by atoms with E-state index in [1.807, 2.05) is 43.3 Å². The van der Waals surface area contributed by atoms with Crippen LogP contribution in [0, 0.1) is 0 Å². The van der Waals surface area contributed by atoms with Crippen molar-refractivity contribution in [3.8, 4) is 0 Å². The van der Waals surface area contributed by atoms with Gasteiger partial charge in [0.1, 0.15) is 12.9 Å². The number of nitrogens with one attached hydrogen (secondary N) is 1. The molecule has 0 fully saturated rings. The summed E-state index contributed by atoms with van der Waals surface area (Å²) < 4.78 is 1.37. The van der Waals surface area contributed by atoms with Crippen LogP contribution in [0.2, 0.25) is 0 Å². The highest BCUT2D eigenvalue weighted by Crippen LogP contribution is 2.23. The average molecular weight is 246 g/mol. The van der Waals surface area contributed by atoms with Crippen LogP contribution in [-0.4, -0.2) is 40.2 Å². The molecule has 0 bridgehead atoms. The van der Waals surface area contributed by atoms with Crippen LogP contribution in [0.1, 0.15) is 0 Å². The van der Waals surface area contributed by atoms with Crippen LogP contribution in [0.4, 0.5) is 11.4 Å². The fourth-order valence-electron chi connectivity index (χ4n) is 1.56. The minimum absolute atomic E-state index is 0.0920. The van der Waals surface area contributed by atoms with E-state index in [0.29, 0.717) is 0 Å². The molecule has 1 N–H and O–H groups in total. The van der Waals surface area contributed by atoms with Crippen LogP contribution in [0.5, 0.6) is 0 Å². The number of rotatable bonds is 4. The molecule has 0 unspecified atom stereocenters. The summed E-state index contributed by atoms with van der Waals surface area (Å²) in [5, 5.41) is 13.4. The van der Waals surface area contributed by atoms with Gasteiger partial charge in [0.2, 0.25) is 5.91 Å². The number of carbonyl (C=O) groups is 1. The highest BCUT2D eigenvalue weighted by molar-refractivity contribution is 5.94. The molecule has 0 aliphatic carbocycles. The molecular formula is C11H14N6O. The van der Waals surface area contributed by atoms with Crippen LogP contribution >= 0.6 is 0 Å². The van der Waals surface area contributed by atoms with E-state index in [0.717, 1.165) is 11.4 Å². The molecule has 1 heterocycles. The standard InChI is InChI=1S/C11H14N6O/c1-16(2)10-6-4-3-5-9(10)13-11(18)7-17-8-12-14-15-17/h3-6,8H,7H2,1-2H3,(H,13,18). The molecule has 0 atom stereocenters. The topological polar surface area (TPSA) is 75.9 Å². The highest BCUT2D eigenvalue weighted by atomic mass is 16.2. The van der Waals surface area contributed by atoms with Gasteiger partial charge in [0.15, 0.2) is 0 Å². The normalized spacial score (nSPS) is 10.1. The molecule has 0 spiro atoms. The van der Waals surface area contributed by atoms with Gasteiger partial charge in [-0.3, -0.25) is 4.79 Å². The quantitative estimate of drug-likeness (QED) is 0.844. The molecule has 94 valence electrons. The molecule has 0 saturated carbocycles. The second-order valence-corrected chi connectivity index (χ2v) is 3.97. The third-order valence-electron chi connectivity index (χ3n) is 2.36. The van der Waals surface area contributed by atoms with Gasteiger partial charge in [-0.2, -0.15) is 0 Å². The van der Waals surface area contributed by atoms with E-state index in [2.05, 4.69) is 20.8 Å². The zero-order valence-corrected chi connectivity index (χ0v) is 10.2. The summed E-state index contributed by atoms with van der Waals surface area (Å²) in [5.41, 5.74) is 1.71. The Morgan fingerprint density at radius 2 is 2.17 bits per heavy atom. The lowest BCUT2D eigenvalue weighted by Crippen LogP contribution is -2.21. The minimum atomic E-state index is -0.170. The number of nitrogens with zero attached hydrogens (tertiary/aromatic N) is 5. The van der Waals surface area contributed by atoms with Crippen molar-refractivity contribution in [2.24, 2.45) is 0 Å².